The zero-order valence-electron chi connectivity index (χ0n) is 18.7. The molecule has 35 heavy (non-hydrogen) atoms. The molecule has 0 saturated heterocycles. The van der Waals surface area contributed by atoms with Crippen molar-refractivity contribution >= 4 is 23.8 Å². The van der Waals surface area contributed by atoms with Gasteiger partial charge in [-0.25, -0.2) is 10.4 Å². The zero-order valence-corrected chi connectivity index (χ0v) is 19.4. The summed E-state index contributed by atoms with van der Waals surface area (Å²) in [7, 11) is 1.55. The van der Waals surface area contributed by atoms with Gasteiger partial charge in [-0.3, -0.25) is 9.78 Å². The maximum absolute atomic E-state index is 12.4. The Morgan fingerprint density at radius 1 is 1.11 bits per heavy atom. The van der Waals surface area contributed by atoms with E-state index in [1.54, 1.807) is 55.8 Å². The van der Waals surface area contributed by atoms with Gasteiger partial charge in [-0.05, 0) is 41.5 Å². The number of hydrogen-bond donors (Lipinski definition) is 2. The Kier molecular flexibility index (Phi) is 7.40. The van der Waals surface area contributed by atoms with E-state index in [2.05, 4.69) is 20.5 Å². The first-order valence-electron chi connectivity index (χ1n) is 10.5. The van der Waals surface area contributed by atoms with E-state index in [1.807, 2.05) is 36.4 Å². The monoisotopic (exact) mass is 485 g/mol. The topological polar surface area (TPSA) is 112 Å². The summed E-state index contributed by atoms with van der Waals surface area (Å²) in [5, 5.41) is 14.2. The largest absolute Gasteiger partial charge is 0.493 e. The van der Waals surface area contributed by atoms with Crippen molar-refractivity contribution in [2.24, 2.45) is 5.10 Å². The number of benzene rings is 3. The average molecular weight is 486 g/mol. The second kappa shape index (κ2) is 11.0. The molecule has 2 N–H and O–H groups in total. The summed E-state index contributed by atoms with van der Waals surface area (Å²) in [5.74, 6) is 1.22. The SMILES string of the molecule is COc1cc(C=NNc2nc(-c3ccccc3)c(C#N)c(=O)[nH]2)ccc1OCc1cccc(Cl)c1. The summed E-state index contributed by atoms with van der Waals surface area (Å²) < 4.78 is 11.3. The van der Waals surface area contributed by atoms with Gasteiger partial charge in [0.25, 0.3) is 5.56 Å². The molecule has 0 radical (unpaired) electrons. The third-order valence-corrected chi connectivity index (χ3v) is 5.17. The molecule has 0 bridgehead atoms. The molecule has 0 saturated carbocycles. The fraction of sp³-hybridized carbons (Fsp3) is 0.0769. The highest BCUT2D eigenvalue weighted by Gasteiger charge is 2.13. The number of nitrogens with zero attached hydrogens (tertiary/aromatic N) is 3. The lowest BCUT2D eigenvalue weighted by atomic mass is 10.1. The molecule has 3 aromatic carbocycles. The molecule has 4 rings (SSSR count). The van der Waals surface area contributed by atoms with E-state index in [0.717, 1.165) is 11.1 Å². The molecule has 1 heterocycles. The molecule has 0 aliphatic rings. The number of ether oxygens (including phenoxy) is 2. The van der Waals surface area contributed by atoms with E-state index in [4.69, 9.17) is 21.1 Å². The molecule has 0 aliphatic carbocycles. The minimum absolute atomic E-state index is 0.0659. The number of anilines is 1. The minimum Gasteiger partial charge on any atom is -0.493 e. The van der Waals surface area contributed by atoms with Crippen molar-refractivity contribution in [3.63, 3.8) is 0 Å². The summed E-state index contributed by atoms with van der Waals surface area (Å²) in [6, 6.07) is 23.7. The normalized spacial score (nSPS) is 10.7. The highest BCUT2D eigenvalue weighted by Crippen LogP contribution is 2.28. The van der Waals surface area contributed by atoms with Crippen LogP contribution in [-0.4, -0.2) is 23.3 Å². The molecule has 8 nitrogen and oxygen atoms in total. The number of hydrazone groups is 1. The predicted octanol–water partition coefficient (Wildman–Crippen LogP) is 5.00. The number of methoxy groups -OCH3 is 1. The van der Waals surface area contributed by atoms with Crippen molar-refractivity contribution < 1.29 is 9.47 Å². The van der Waals surface area contributed by atoms with E-state index in [0.29, 0.717) is 28.7 Å². The molecule has 0 spiro atoms. The van der Waals surface area contributed by atoms with Crippen LogP contribution < -0.4 is 20.5 Å². The van der Waals surface area contributed by atoms with Crippen molar-refractivity contribution in [2.45, 2.75) is 6.61 Å². The van der Waals surface area contributed by atoms with Crippen LogP contribution in [0.5, 0.6) is 11.5 Å². The van der Waals surface area contributed by atoms with Crippen molar-refractivity contribution in [2.75, 3.05) is 12.5 Å². The second-order valence-electron chi connectivity index (χ2n) is 7.31. The fourth-order valence-electron chi connectivity index (χ4n) is 3.27. The Labute approximate surface area is 206 Å². The van der Waals surface area contributed by atoms with Crippen LogP contribution in [-0.2, 0) is 6.61 Å². The van der Waals surface area contributed by atoms with Crippen LogP contribution in [0.2, 0.25) is 5.02 Å². The van der Waals surface area contributed by atoms with Gasteiger partial charge >= 0.3 is 0 Å². The average Bonchev–Trinajstić information content (AvgIpc) is 2.88. The molecular weight excluding hydrogens is 466 g/mol. The van der Waals surface area contributed by atoms with Gasteiger partial charge in [0.05, 0.1) is 19.0 Å². The maximum Gasteiger partial charge on any atom is 0.270 e. The van der Waals surface area contributed by atoms with Crippen LogP contribution in [0.1, 0.15) is 16.7 Å². The number of H-pyrrole nitrogens is 1. The van der Waals surface area contributed by atoms with Gasteiger partial charge < -0.3 is 9.47 Å². The molecule has 0 unspecified atom stereocenters. The van der Waals surface area contributed by atoms with E-state index in [-0.39, 0.29) is 17.2 Å². The Bertz CT molecular complexity index is 1460. The molecule has 1 aromatic heterocycles. The Balaban J connectivity index is 1.49. The summed E-state index contributed by atoms with van der Waals surface area (Å²) >= 11 is 6.02. The molecule has 0 amide bonds. The number of hydrogen-bond acceptors (Lipinski definition) is 7. The first kappa shape index (κ1) is 23.5. The van der Waals surface area contributed by atoms with Gasteiger partial charge in [0.15, 0.2) is 11.5 Å². The highest BCUT2D eigenvalue weighted by atomic mass is 35.5. The Morgan fingerprint density at radius 2 is 1.94 bits per heavy atom. The Hall–Kier alpha value is -4.61. The lowest BCUT2D eigenvalue weighted by Gasteiger charge is -2.11. The van der Waals surface area contributed by atoms with Crippen LogP contribution in [0.3, 0.4) is 0 Å². The van der Waals surface area contributed by atoms with Crippen molar-refractivity contribution in [3.05, 3.63) is 105 Å². The number of aromatic amines is 1. The fourth-order valence-corrected chi connectivity index (χ4v) is 3.49. The molecule has 0 atom stereocenters. The summed E-state index contributed by atoms with van der Waals surface area (Å²) in [6.07, 6.45) is 1.55. The zero-order chi connectivity index (χ0) is 24.6. The van der Waals surface area contributed by atoms with Crippen LogP contribution in [0.25, 0.3) is 11.3 Å². The molecule has 9 heteroatoms. The summed E-state index contributed by atoms with van der Waals surface area (Å²) in [5.41, 5.74) is 4.68. The quantitative estimate of drug-likeness (QED) is 0.268. The minimum atomic E-state index is -0.554. The number of aromatic nitrogens is 2. The maximum atomic E-state index is 12.4. The molecule has 0 fully saturated rings. The third kappa shape index (κ3) is 5.85. The number of nitrogens with one attached hydrogen (secondary N) is 2. The van der Waals surface area contributed by atoms with E-state index in [1.165, 1.54) is 0 Å². The Morgan fingerprint density at radius 3 is 2.69 bits per heavy atom. The van der Waals surface area contributed by atoms with Crippen molar-refractivity contribution in [1.29, 1.82) is 5.26 Å². The molecule has 4 aromatic rings. The van der Waals surface area contributed by atoms with Gasteiger partial charge in [0.1, 0.15) is 18.2 Å². The number of rotatable bonds is 8. The molecule has 0 aliphatic heterocycles. The van der Waals surface area contributed by atoms with Gasteiger partial charge in [-0.1, -0.05) is 54.1 Å². The standard InChI is InChI=1S/C26H20ClN5O3/c1-34-23-13-17(10-11-22(23)35-16-18-6-5-9-20(27)12-18)15-29-32-26-30-24(19-7-3-2-4-8-19)21(14-28)25(33)31-26/h2-13,15H,16H2,1H3,(H2,30,31,32,33). The van der Waals surface area contributed by atoms with E-state index >= 15 is 0 Å². The first-order chi connectivity index (χ1) is 17.1. The van der Waals surface area contributed by atoms with E-state index < -0.39 is 5.56 Å². The molecule has 174 valence electrons. The smallest absolute Gasteiger partial charge is 0.270 e. The number of halogens is 1. The van der Waals surface area contributed by atoms with Gasteiger partial charge in [0, 0.05) is 10.6 Å². The van der Waals surface area contributed by atoms with Crippen LogP contribution >= 0.6 is 11.6 Å². The lowest BCUT2D eigenvalue weighted by Crippen LogP contribution is -2.16. The van der Waals surface area contributed by atoms with Gasteiger partial charge in [-0.2, -0.15) is 10.4 Å². The van der Waals surface area contributed by atoms with Crippen molar-refractivity contribution in [1.82, 2.24) is 9.97 Å². The van der Waals surface area contributed by atoms with Gasteiger partial charge in [-0.15, -0.1) is 0 Å². The lowest BCUT2D eigenvalue weighted by molar-refractivity contribution is 0.284. The van der Waals surface area contributed by atoms with Crippen molar-refractivity contribution in [3.8, 4) is 28.8 Å². The van der Waals surface area contributed by atoms with E-state index in [9.17, 15) is 10.1 Å². The highest BCUT2D eigenvalue weighted by molar-refractivity contribution is 6.30. The summed E-state index contributed by atoms with van der Waals surface area (Å²) in [6.45, 7) is 0.341. The third-order valence-electron chi connectivity index (χ3n) is 4.93. The summed E-state index contributed by atoms with van der Waals surface area (Å²) in [4.78, 5) is 19.2. The molecular formula is C26H20ClN5O3. The van der Waals surface area contributed by atoms with Crippen LogP contribution in [0, 0.1) is 11.3 Å². The van der Waals surface area contributed by atoms with Gasteiger partial charge in [0.2, 0.25) is 5.95 Å². The predicted molar refractivity (Wildman–Crippen MR) is 135 cm³/mol. The second-order valence-corrected chi connectivity index (χ2v) is 7.75. The van der Waals surface area contributed by atoms with Crippen LogP contribution in [0.15, 0.2) is 82.7 Å². The van der Waals surface area contributed by atoms with Crippen LogP contribution in [0.4, 0.5) is 5.95 Å². The number of nitriles is 1. The first-order valence-corrected chi connectivity index (χ1v) is 10.9.